The van der Waals surface area contributed by atoms with Crippen LogP contribution in [-0.2, 0) is 4.57 Å². The molecule has 0 saturated carbocycles. The summed E-state index contributed by atoms with van der Waals surface area (Å²) in [6, 6.07) is 0. The molecule has 0 aliphatic carbocycles. The van der Waals surface area contributed by atoms with Crippen LogP contribution in [0.3, 0.4) is 0 Å². The van der Waals surface area contributed by atoms with Crippen molar-refractivity contribution >= 4 is 7.82 Å². The Morgan fingerprint density at radius 1 is 0.714 bits per heavy atom. The van der Waals surface area contributed by atoms with E-state index in [0.29, 0.717) is 0 Å². The van der Waals surface area contributed by atoms with Crippen LogP contribution in [0.4, 0.5) is 0 Å². The molecule has 0 bridgehead atoms. The average Bonchev–Trinajstić information content (AvgIpc) is 2.20. The van der Waals surface area contributed by atoms with Gasteiger partial charge in [-0.05, 0) is 0 Å². The molecule has 0 atom stereocenters. The Labute approximate surface area is 219 Å². The third-order valence-electron chi connectivity index (χ3n) is 2.35. The summed E-state index contributed by atoms with van der Waals surface area (Å²) in [6.07, 6.45) is 13.9. The molecule has 0 radical (unpaired) electrons. The van der Waals surface area contributed by atoms with Crippen LogP contribution in [0, 0.1) is 6.92 Å². The Bertz CT molecular complexity index is 176. The summed E-state index contributed by atoms with van der Waals surface area (Å²) < 4.78 is 8.55. The van der Waals surface area contributed by atoms with Gasteiger partial charge in [0.05, 0.1) is 0 Å². The van der Waals surface area contributed by atoms with Crippen molar-refractivity contribution in [3.05, 3.63) is 6.92 Å². The van der Waals surface area contributed by atoms with Crippen molar-refractivity contribution in [2.45, 2.75) is 71.1 Å². The van der Waals surface area contributed by atoms with E-state index in [1.165, 1.54) is 57.8 Å². The molecule has 0 aromatic carbocycles. The second-order valence-electron chi connectivity index (χ2n) is 4.13. The van der Waals surface area contributed by atoms with Crippen molar-refractivity contribution in [2.24, 2.45) is 0 Å². The van der Waals surface area contributed by atoms with Crippen LogP contribution in [0.5, 0.6) is 0 Å². The summed E-state index contributed by atoms with van der Waals surface area (Å²) in [5, 5.41) is 0. The van der Waals surface area contributed by atoms with Gasteiger partial charge in [-0.2, -0.15) is 14.2 Å². The minimum atomic E-state index is -5.39. The molecule has 0 aliphatic heterocycles. The van der Waals surface area contributed by atoms with Crippen molar-refractivity contribution in [1.29, 1.82) is 0 Å². The Morgan fingerprint density at radius 3 is 1.19 bits per heavy atom. The zero-order valence-electron chi connectivity index (χ0n) is 14.9. The molecule has 9 heteroatoms. The Morgan fingerprint density at radius 2 is 0.952 bits per heavy atom. The van der Waals surface area contributed by atoms with E-state index in [0.717, 1.165) is 6.42 Å². The summed E-state index contributed by atoms with van der Waals surface area (Å²) in [6.45, 7) is 6.12. The van der Waals surface area contributed by atoms with Gasteiger partial charge >= 0.3 is 118 Å². The molecule has 106 valence electrons. The summed E-state index contributed by atoms with van der Waals surface area (Å²) in [7, 11) is -5.39. The Kier molecular flexibility index (Phi) is 60.6. The van der Waals surface area contributed by atoms with Gasteiger partial charge in [-0.3, -0.25) is 0 Å². The second-order valence-corrected chi connectivity index (χ2v) is 5.02. The summed E-state index contributed by atoms with van der Waals surface area (Å²) in [5.74, 6) is 0. The smallest absolute Gasteiger partial charge is 0.822 e. The number of unbranched alkanes of at least 4 members (excludes halogenated alkanes) is 9. The van der Waals surface area contributed by atoms with Gasteiger partial charge in [0.25, 0.3) is 0 Å². The standard InChI is InChI=1S/C12H25.4Na.H3O4P/c1-3-5-7-9-11-12-10-8-6-4-2;;;;;1-5(2,3)4/h1,3-12H2,2H3;;;;;(H3,1,2,3,4)/q-1;4*+1;/p-3. The van der Waals surface area contributed by atoms with Crippen molar-refractivity contribution in [2.75, 3.05) is 0 Å². The van der Waals surface area contributed by atoms with Gasteiger partial charge in [-0.25, -0.2) is 0 Å². The number of hydrogen-bond donors (Lipinski definition) is 0. The predicted molar refractivity (Wildman–Crippen MR) is 64.8 cm³/mol. The number of rotatable bonds is 9. The van der Waals surface area contributed by atoms with Crippen LogP contribution in [-0.4, -0.2) is 0 Å². The second kappa shape index (κ2) is 31.8. The fourth-order valence-electron chi connectivity index (χ4n) is 1.49. The van der Waals surface area contributed by atoms with Crippen LogP contribution in [0.2, 0.25) is 0 Å². The van der Waals surface area contributed by atoms with E-state index in [1.807, 2.05) is 0 Å². The monoisotopic (exact) mass is 356 g/mol. The van der Waals surface area contributed by atoms with Gasteiger partial charge in [0.15, 0.2) is 0 Å². The number of phosphoric acid groups is 1. The van der Waals surface area contributed by atoms with Crippen LogP contribution >= 0.6 is 7.82 Å². The molecule has 0 aromatic heterocycles. The minimum absolute atomic E-state index is 0. The Hall–Kier alpha value is 4.11. The maximum atomic E-state index is 8.55. The average molecular weight is 356 g/mol. The van der Waals surface area contributed by atoms with E-state index in [1.54, 1.807) is 0 Å². The zero-order valence-corrected chi connectivity index (χ0v) is 23.8. The molecule has 0 aromatic rings. The van der Waals surface area contributed by atoms with Gasteiger partial charge in [0.2, 0.25) is 0 Å². The molecular weight excluding hydrogens is 331 g/mol. The molecule has 21 heavy (non-hydrogen) atoms. The maximum absolute atomic E-state index is 8.55. The molecule has 0 amide bonds. The SMILES string of the molecule is O=P([O-])([O-])[O-].[CH2-]CCCCCCCCCCC.[Na+].[Na+].[Na+].[Na+]. The normalized spacial score (nSPS) is 8.81. The van der Waals surface area contributed by atoms with E-state index in [4.69, 9.17) is 19.2 Å². The largest absolute Gasteiger partial charge is 1.00 e. The first-order chi connectivity index (χ1) is 7.91. The summed E-state index contributed by atoms with van der Waals surface area (Å²) >= 11 is 0. The molecule has 0 N–H and O–H groups in total. The molecule has 4 nitrogen and oxygen atoms in total. The van der Waals surface area contributed by atoms with E-state index in [2.05, 4.69) is 13.8 Å². The van der Waals surface area contributed by atoms with Gasteiger partial charge in [0.1, 0.15) is 0 Å². The quantitative estimate of drug-likeness (QED) is 0.178. The Balaban J connectivity index is -0.0000000552. The molecular formula is C12H25Na4O4P. The van der Waals surface area contributed by atoms with Crippen molar-refractivity contribution in [1.82, 2.24) is 0 Å². The maximum Gasteiger partial charge on any atom is 1.00 e. The molecule has 0 fully saturated rings. The van der Waals surface area contributed by atoms with E-state index < -0.39 is 7.82 Å². The molecule has 0 aliphatic rings. The topological polar surface area (TPSA) is 86.2 Å². The predicted octanol–water partition coefficient (Wildman–Crippen LogP) is -10.1. The zero-order chi connectivity index (χ0) is 13.6. The van der Waals surface area contributed by atoms with E-state index in [-0.39, 0.29) is 118 Å². The first kappa shape index (κ1) is 40.0. The molecule has 0 saturated heterocycles. The van der Waals surface area contributed by atoms with Gasteiger partial charge in [-0.1, -0.05) is 64.7 Å². The van der Waals surface area contributed by atoms with Crippen LogP contribution in [0.25, 0.3) is 0 Å². The minimum Gasteiger partial charge on any atom is -0.822 e. The van der Waals surface area contributed by atoms with Crippen LogP contribution in [0.1, 0.15) is 71.1 Å². The van der Waals surface area contributed by atoms with Gasteiger partial charge in [-0.15, -0.1) is 0 Å². The van der Waals surface area contributed by atoms with E-state index >= 15 is 0 Å². The third-order valence-corrected chi connectivity index (χ3v) is 2.35. The third kappa shape index (κ3) is 68.6. The van der Waals surface area contributed by atoms with Crippen molar-refractivity contribution in [3.8, 4) is 0 Å². The molecule has 0 spiro atoms. The molecule has 0 unspecified atom stereocenters. The van der Waals surface area contributed by atoms with Crippen molar-refractivity contribution in [3.63, 3.8) is 0 Å². The van der Waals surface area contributed by atoms with Crippen LogP contribution < -0.4 is 133 Å². The van der Waals surface area contributed by atoms with Gasteiger partial charge in [0, 0.05) is 0 Å². The first-order valence-electron chi connectivity index (χ1n) is 6.44. The summed E-state index contributed by atoms with van der Waals surface area (Å²) in [4.78, 5) is 25.6. The first-order valence-corrected chi connectivity index (χ1v) is 7.90. The molecule has 0 rings (SSSR count). The van der Waals surface area contributed by atoms with Crippen LogP contribution in [0.15, 0.2) is 0 Å². The van der Waals surface area contributed by atoms with Crippen molar-refractivity contribution < 1.29 is 137 Å². The van der Waals surface area contributed by atoms with Gasteiger partial charge < -0.3 is 26.2 Å². The fraction of sp³-hybridized carbons (Fsp3) is 0.917. The van der Waals surface area contributed by atoms with E-state index in [9.17, 15) is 0 Å². The fourth-order valence-corrected chi connectivity index (χ4v) is 1.49. The molecule has 0 heterocycles. The number of hydrogen-bond acceptors (Lipinski definition) is 4. The summed E-state index contributed by atoms with van der Waals surface area (Å²) in [5.41, 5.74) is 0.